The van der Waals surface area contributed by atoms with Crippen LogP contribution >= 0.6 is 0 Å². The molecule has 0 amide bonds. The van der Waals surface area contributed by atoms with E-state index in [1.807, 2.05) is 62.5 Å². The normalized spacial score (nSPS) is 14.5. The van der Waals surface area contributed by atoms with Gasteiger partial charge in [0.15, 0.2) is 5.43 Å². The predicted molar refractivity (Wildman–Crippen MR) is 126 cm³/mol. The number of hydrogen-bond donors (Lipinski definition) is 1. The molecule has 4 aromatic rings. The summed E-state index contributed by atoms with van der Waals surface area (Å²) >= 11 is 0. The van der Waals surface area contributed by atoms with E-state index in [0.29, 0.717) is 28.2 Å². The summed E-state index contributed by atoms with van der Waals surface area (Å²) in [5.74, 6) is 1.19. The van der Waals surface area contributed by atoms with Crippen molar-refractivity contribution in [3.63, 3.8) is 0 Å². The summed E-state index contributed by atoms with van der Waals surface area (Å²) in [5.41, 5.74) is 6.44. The average molecular weight is 411 g/mol. The number of aryl methyl sites for hydroxylation is 1. The molecule has 1 aliphatic rings. The largest absolute Gasteiger partial charge is 0.455 e. The van der Waals surface area contributed by atoms with Gasteiger partial charge in [0.25, 0.3) is 0 Å². The lowest BCUT2D eigenvalue weighted by atomic mass is 9.98. The van der Waals surface area contributed by atoms with Crippen LogP contribution in [0, 0.1) is 13.8 Å². The first-order valence-electron chi connectivity index (χ1n) is 10.9. The fourth-order valence-electron chi connectivity index (χ4n) is 4.29. The highest BCUT2D eigenvalue weighted by atomic mass is 16.3. The zero-order valence-electron chi connectivity index (χ0n) is 18.1. The number of pyridine rings is 1. The van der Waals surface area contributed by atoms with Gasteiger partial charge in [0.1, 0.15) is 11.3 Å². The summed E-state index contributed by atoms with van der Waals surface area (Å²) < 4.78 is 6.44. The molecule has 1 unspecified atom stereocenters. The molecule has 1 atom stereocenters. The minimum Gasteiger partial charge on any atom is -0.455 e. The van der Waals surface area contributed by atoms with Crippen LogP contribution < -0.4 is 10.7 Å². The van der Waals surface area contributed by atoms with E-state index in [0.717, 1.165) is 28.1 Å². The van der Waals surface area contributed by atoms with Crippen LogP contribution in [0.15, 0.2) is 70.0 Å². The van der Waals surface area contributed by atoms with Gasteiger partial charge in [0, 0.05) is 28.8 Å². The van der Waals surface area contributed by atoms with Crippen LogP contribution in [-0.4, -0.2) is 4.98 Å². The van der Waals surface area contributed by atoms with Gasteiger partial charge in [0.05, 0.1) is 22.8 Å². The van der Waals surface area contributed by atoms with Gasteiger partial charge in [-0.3, -0.25) is 9.78 Å². The second kappa shape index (κ2) is 7.69. The van der Waals surface area contributed by atoms with E-state index in [2.05, 4.69) is 29.4 Å². The van der Waals surface area contributed by atoms with Crippen LogP contribution in [-0.2, 0) is 0 Å². The van der Waals surface area contributed by atoms with Crippen LogP contribution in [0.4, 0.5) is 5.69 Å². The third-order valence-electron chi connectivity index (χ3n) is 6.07. The summed E-state index contributed by atoms with van der Waals surface area (Å²) in [6, 6.07) is 17.9. The van der Waals surface area contributed by atoms with E-state index in [9.17, 15) is 4.79 Å². The van der Waals surface area contributed by atoms with Gasteiger partial charge in [-0.1, -0.05) is 36.4 Å². The molecule has 2 aromatic heterocycles. The van der Waals surface area contributed by atoms with Crippen LogP contribution in [0.5, 0.6) is 0 Å². The Morgan fingerprint density at radius 1 is 1.06 bits per heavy atom. The fraction of sp³-hybridized carbons (Fsp3) is 0.259. The van der Waals surface area contributed by atoms with Crippen molar-refractivity contribution < 1.29 is 4.42 Å². The van der Waals surface area contributed by atoms with Crippen molar-refractivity contribution >= 4 is 16.7 Å². The molecule has 0 bridgehead atoms. The molecule has 0 radical (unpaired) electrons. The van der Waals surface area contributed by atoms with Gasteiger partial charge in [-0.2, -0.15) is 0 Å². The summed E-state index contributed by atoms with van der Waals surface area (Å²) in [5, 5.41) is 4.27. The molecule has 1 aliphatic carbocycles. The Morgan fingerprint density at radius 3 is 2.58 bits per heavy atom. The lowest BCUT2D eigenvalue weighted by Crippen LogP contribution is -2.13. The van der Waals surface area contributed by atoms with E-state index in [4.69, 9.17) is 4.42 Å². The first kappa shape index (κ1) is 19.6. The average Bonchev–Trinajstić information content (AvgIpc) is 3.62. The molecule has 1 fully saturated rings. The molecule has 0 aliphatic heterocycles. The zero-order valence-corrected chi connectivity index (χ0v) is 18.1. The van der Waals surface area contributed by atoms with Crippen molar-refractivity contribution in [2.45, 2.75) is 45.6 Å². The third-order valence-corrected chi connectivity index (χ3v) is 6.07. The number of fused-ring (bicyclic) bond motifs is 1. The van der Waals surface area contributed by atoms with E-state index in [-0.39, 0.29) is 11.5 Å². The van der Waals surface area contributed by atoms with Gasteiger partial charge < -0.3 is 9.73 Å². The highest BCUT2D eigenvalue weighted by Crippen LogP contribution is 2.43. The topological polar surface area (TPSA) is 55.1 Å². The first-order chi connectivity index (χ1) is 15.0. The van der Waals surface area contributed by atoms with Crippen molar-refractivity contribution in [2.75, 3.05) is 5.32 Å². The highest BCUT2D eigenvalue weighted by Gasteiger charge is 2.28. The highest BCUT2D eigenvalue weighted by molar-refractivity contribution is 5.84. The number of rotatable bonds is 5. The van der Waals surface area contributed by atoms with E-state index >= 15 is 0 Å². The van der Waals surface area contributed by atoms with E-state index in [1.165, 1.54) is 12.8 Å². The second-order valence-corrected chi connectivity index (χ2v) is 8.56. The number of anilines is 1. The summed E-state index contributed by atoms with van der Waals surface area (Å²) in [4.78, 5) is 17.9. The van der Waals surface area contributed by atoms with Crippen molar-refractivity contribution in [2.24, 2.45) is 0 Å². The fourth-order valence-corrected chi connectivity index (χ4v) is 4.29. The van der Waals surface area contributed by atoms with Gasteiger partial charge in [-0.15, -0.1) is 0 Å². The second-order valence-electron chi connectivity index (χ2n) is 8.56. The van der Waals surface area contributed by atoms with Gasteiger partial charge in [0.2, 0.25) is 0 Å². The Hall–Kier alpha value is -3.40. The molecular weight excluding hydrogens is 384 g/mol. The number of nitrogens with one attached hydrogen (secondary N) is 1. The van der Waals surface area contributed by atoms with Gasteiger partial charge in [-0.05, 0) is 57.4 Å². The SMILES string of the molecule is Cc1cc(C(C)Nc2cccnc2C2CC2)c2oc(-c3ccccc3)c(C)c(=O)c2c1. The number of benzene rings is 2. The molecule has 1 N–H and O–H groups in total. The third kappa shape index (κ3) is 3.63. The maximum Gasteiger partial charge on any atom is 0.196 e. The van der Waals surface area contributed by atoms with Crippen molar-refractivity contribution in [3.05, 3.63) is 93.4 Å². The van der Waals surface area contributed by atoms with E-state index < -0.39 is 0 Å². The van der Waals surface area contributed by atoms with Crippen LogP contribution in [0.2, 0.25) is 0 Å². The molecule has 4 heteroatoms. The van der Waals surface area contributed by atoms with Crippen LogP contribution in [0.3, 0.4) is 0 Å². The number of aromatic nitrogens is 1. The predicted octanol–water partition coefficient (Wildman–Crippen LogP) is 6.52. The lowest BCUT2D eigenvalue weighted by Gasteiger charge is -2.20. The maximum absolute atomic E-state index is 13.3. The molecule has 0 saturated heterocycles. The Labute approximate surface area is 182 Å². The summed E-state index contributed by atoms with van der Waals surface area (Å²) in [7, 11) is 0. The molecular formula is C27H26N2O2. The van der Waals surface area contributed by atoms with Crippen LogP contribution in [0.25, 0.3) is 22.3 Å². The smallest absolute Gasteiger partial charge is 0.196 e. The maximum atomic E-state index is 13.3. The first-order valence-corrected chi connectivity index (χ1v) is 10.9. The van der Waals surface area contributed by atoms with E-state index in [1.54, 1.807) is 0 Å². The van der Waals surface area contributed by atoms with Gasteiger partial charge in [-0.25, -0.2) is 0 Å². The van der Waals surface area contributed by atoms with Crippen molar-refractivity contribution in [1.29, 1.82) is 0 Å². The molecule has 4 nitrogen and oxygen atoms in total. The van der Waals surface area contributed by atoms with Crippen molar-refractivity contribution in [1.82, 2.24) is 4.98 Å². The quantitative estimate of drug-likeness (QED) is 0.407. The number of hydrogen-bond acceptors (Lipinski definition) is 4. The standard InChI is InChI=1S/C27H26N2O2/c1-16-14-21(18(3)29-23-10-7-13-28-24(23)19-11-12-19)27-22(15-16)25(30)17(2)26(31-27)20-8-5-4-6-9-20/h4-10,13-15,18-19,29H,11-12H2,1-3H3. The minimum atomic E-state index is -0.0430. The molecule has 5 rings (SSSR count). The van der Waals surface area contributed by atoms with Crippen molar-refractivity contribution in [3.8, 4) is 11.3 Å². The Bertz CT molecular complexity index is 1320. The Morgan fingerprint density at radius 2 is 1.84 bits per heavy atom. The lowest BCUT2D eigenvalue weighted by molar-refractivity contribution is 0.605. The molecule has 1 saturated carbocycles. The Balaban J connectivity index is 1.64. The summed E-state index contributed by atoms with van der Waals surface area (Å²) in [6.45, 7) is 5.98. The van der Waals surface area contributed by atoms with Crippen LogP contribution in [0.1, 0.15) is 54.1 Å². The molecule has 31 heavy (non-hydrogen) atoms. The molecule has 2 aromatic carbocycles. The minimum absolute atomic E-state index is 0.0253. The molecule has 0 spiro atoms. The zero-order chi connectivity index (χ0) is 21.5. The van der Waals surface area contributed by atoms with Gasteiger partial charge >= 0.3 is 0 Å². The molecule has 2 heterocycles. The molecule has 156 valence electrons. The Kier molecular flexibility index (Phi) is 4.85. The monoisotopic (exact) mass is 410 g/mol. The number of nitrogens with zero attached hydrogens (tertiary/aromatic N) is 1. The summed E-state index contributed by atoms with van der Waals surface area (Å²) in [6.07, 6.45) is 4.25.